The molecular formula is C46H42ClN5O5S. The van der Waals surface area contributed by atoms with Gasteiger partial charge in [0.25, 0.3) is 5.91 Å². The van der Waals surface area contributed by atoms with Gasteiger partial charge in [-0.05, 0) is 90.6 Å². The summed E-state index contributed by atoms with van der Waals surface area (Å²) >= 11 is 7.93. The molecule has 0 spiro atoms. The van der Waals surface area contributed by atoms with Crippen molar-refractivity contribution in [3.63, 3.8) is 0 Å². The first-order chi connectivity index (χ1) is 28.1. The maximum Gasteiger partial charge on any atom is 0.251 e. The predicted molar refractivity (Wildman–Crippen MR) is 226 cm³/mol. The van der Waals surface area contributed by atoms with Crippen molar-refractivity contribution >= 4 is 46.1 Å². The summed E-state index contributed by atoms with van der Waals surface area (Å²) in [5.74, 6) is 2.17. The number of amides is 1. The van der Waals surface area contributed by atoms with Gasteiger partial charge in [-0.15, -0.1) is 21.5 Å². The van der Waals surface area contributed by atoms with E-state index in [4.69, 9.17) is 26.1 Å². The topological polar surface area (TPSA) is 125 Å². The van der Waals surface area contributed by atoms with Gasteiger partial charge in [-0.3, -0.25) is 23.9 Å². The second kappa shape index (κ2) is 17.0. The number of carbonyl (C=O) groups is 3. The molecule has 0 fully saturated rings. The van der Waals surface area contributed by atoms with Crippen LogP contribution >= 0.6 is 22.9 Å². The second-order valence-corrected chi connectivity index (χ2v) is 16.3. The monoisotopic (exact) mass is 811 g/mol. The third-order valence-corrected chi connectivity index (χ3v) is 12.0. The van der Waals surface area contributed by atoms with Gasteiger partial charge in [0, 0.05) is 58.8 Å². The number of hydrogen-bond donors (Lipinski definition) is 1. The fourth-order valence-electron chi connectivity index (χ4n) is 7.48. The van der Waals surface area contributed by atoms with E-state index in [9.17, 15) is 14.4 Å². The maximum absolute atomic E-state index is 13.6. The smallest absolute Gasteiger partial charge is 0.251 e. The Morgan fingerprint density at radius 2 is 1.62 bits per heavy atom. The fourth-order valence-corrected chi connectivity index (χ4v) is 8.82. The lowest BCUT2D eigenvalue weighted by molar-refractivity contribution is -0.119. The number of aromatic nitrogens is 3. The van der Waals surface area contributed by atoms with Gasteiger partial charge in [-0.1, -0.05) is 66.2 Å². The molecule has 1 N–H and O–H groups in total. The van der Waals surface area contributed by atoms with E-state index < -0.39 is 6.04 Å². The van der Waals surface area contributed by atoms with Gasteiger partial charge in [0.2, 0.25) is 0 Å². The number of ketones is 2. The molecule has 1 amide bonds. The van der Waals surface area contributed by atoms with Crippen molar-refractivity contribution in [2.24, 2.45) is 4.99 Å². The summed E-state index contributed by atoms with van der Waals surface area (Å²) in [7, 11) is 0. The van der Waals surface area contributed by atoms with E-state index in [1.165, 1.54) is 4.88 Å². The Hall–Kier alpha value is -5.75. The van der Waals surface area contributed by atoms with Crippen LogP contribution in [0.15, 0.2) is 96.0 Å². The van der Waals surface area contributed by atoms with Crippen LogP contribution in [0.2, 0.25) is 5.02 Å². The first-order valence-electron chi connectivity index (χ1n) is 19.3. The van der Waals surface area contributed by atoms with Crippen LogP contribution in [0.5, 0.6) is 5.75 Å². The first-order valence-corrected chi connectivity index (χ1v) is 20.5. The molecule has 0 saturated carbocycles. The van der Waals surface area contributed by atoms with Crippen molar-refractivity contribution in [2.45, 2.75) is 52.5 Å². The van der Waals surface area contributed by atoms with Gasteiger partial charge in [0.15, 0.2) is 5.82 Å². The maximum atomic E-state index is 13.6. The Morgan fingerprint density at radius 1 is 0.862 bits per heavy atom. The minimum Gasteiger partial charge on any atom is -0.491 e. The van der Waals surface area contributed by atoms with E-state index in [2.05, 4.69) is 33.9 Å². The number of aliphatic imine (C=N–C) groups is 1. The molecule has 3 heterocycles. The molecule has 10 nitrogen and oxygen atoms in total. The second-order valence-electron chi connectivity index (χ2n) is 14.6. The lowest BCUT2D eigenvalue weighted by Crippen LogP contribution is -2.27. The molecule has 0 bridgehead atoms. The standard InChI is InChI=1S/C46H42ClN5O5S/c1-27-28(2)58-46-42(27)43(31-11-13-37(47)14-12-31)49-41(44-51-50-29(3)52(44)46)26-38(53)21-30-7-15-40(16-8-30)57-20-19-56-18-17-48-45(55)35-6-4-5-32(22-35)33-9-10-34-24-39(54)25-36(34)23-33/h4-16,22-23,41H,17-21,24-26H2,1-3H3,(H,48,55)/t41-/m0/s1. The third-order valence-electron chi connectivity index (χ3n) is 10.6. The van der Waals surface area contributed by atoms with Crippen LogP contribution in [0.3, 0.4) is 0 Å². The van der Waals surface area contributed by atoms with Crippen molar-refractivity contribution in [1.82, 2.24) is 20.1 Å². The highest BCUT2D eigenvalue weighted by atomic mass is 35.5. The molecule has 58 heavy (non-hydrogen) atoms. The minimum atomic E-state index is -0.518. The van der Waals surface area contributed by atoms with E-state index in [0.29, 0.717) is 61.4 Å². The van der Waals surface area contributed by atoms with Gasteiger partial charge in [0.1, 0.15) is 40.8 Å². The number of nitrogens with zero attached hydrogens (tertiary/aromatic N) is 4. The van der Waals surface area contributed by atoms with Crippen LogP contribution in [0.1, 0.15) is 72.7 Å². The van der Waals surface area contributed by atoms with Crippen LogP contribution in [0.4, 0.5) is 0 Å². The molecule has 0 unspecified atom stereocenters. The number of hydrogen-bond acceptors (Lipinski definition) is 9. The largest absolute Gasteiger partial charge is 0.491 e. The lowest BCUT2D eigenvalue weighted by Gasteiger charge is -2.13. The number of thiophene rings is 1. The number of carbonyl (C=O) groups excluding carboxylic acids is 3. The normalized spacial score (nSPS) is 14.3. The summed E-state index contributed by atoms with van der Waals surface area (Å²) in [6, 6.07) is 28.2. The van der Waals surface area contributed by atoms with Gasteiger partial charge in [-0.25, -0.2) is 0 Å². The number of aryl methyl sites for hydroxylation is 2. The Morgan fingerprint density at radius 3 is 2.43 bits per heavy atom. The van der Waals surface area contributed by atoms with E-state index in [1.54, 1.807) is 17.4 Å². The highest BCUT2D eigenvalue weighted by Gasteiger charge is 2.32. The van der Waals surface area contributed by atoms with Crippen molar-refractivity contribution in [2.75, 3.05) is 26.4 Å². The average molecular weight is 812 g/mol. The molecule has 2 aliphatic rings. The molecule has 294 valence electrons. The predicted octanol–water partition coefficient (Wildman–Crippen LogP) is 8.16. The number of benzene rings is 4. The molecule has 4 aromatic carbocycles. The molecule has 1 atom stereocenters. The molecule has 1 aliphatic heterocycles. The van der Waals surface area contributed by atoms with Crippen molar-refractivity contribution < 1.29 is 23.9 Å². The molecule has 0 saturated heterocycles. The summed E-state index contributed by atoms with van der Waals surface area (Å²) in [5.41, 5.74) is 9.43. The van der Waals surface area contributed by atoms with E-state index in [0.717, 1.165) is 61.0 Å². The molecule has 0 radical (unpaired) electrons. The van der Waals surface area contributed by atoms with E-state index >= 15 is 0 Å². The number of halogens is 1. The Bertz CT molecular complexity index is 2560. The Kier molecular flexibility index (Phi) is 11.5. The molecule has 12 heteroatoms. The average Bonchev–Trinajstić information content (AvgIpc) is 3.86. The summed E-state index contributed by atoms with van der Waals surface area (Å²) in [4.78, 5) is 44.7. The van der Waals surface area contributed by atoms with Gasteiger partial charge >= 0.3 is 0 Å². The van der Waals surface area contributed by atoms with Gasteiger partial charge in [0.05, 0.1) is 18.9 Å². The third kappa shape index (κ3) is 8.43. The summed E-state index contributed by atoms with van der Waals surface area (Å²) in [6.45, 7) is 7.51. The zero-order chi connectivity index (χ0) is 40.3. The van der Waals surface area contributed by atoms with Crippen LogP contribution in [0, 0.1) is 20.8 Å². The number of rotatable bonds is 14. The zero-order valence-corrected chi connectivity index (χ0v) is 34.1. The molecule has 8 rings (SSSR count). The molecular weight excluding hydrogens is 770 g/mol. The van der Waals surface area contributed by atoms with Crippen LogP contribution in [0.25, 0.3) is 16.1 Å². The van der Waals surface area contributed by atoms with Crippen LogP contribution in [-0.2, 0) is 33.6 Å². The van der Waals surface area contributed by atoms with E-state index in [-0.39, 0.29) is 30.3 Å². The van der Waals surface area contributed by atoms with Crippen LogP contribution in [-0.4, -0.2) is 64.3 Å². The quantitative estimate of drug-likeness (QED) is 0.110. The highest BCUT2D eigenvalue weighted by molar-refractivity contribution is 7.15. The number of nitrogens with one attached hydrogen (secondary N) is 1. The van der Waals surface area contributed by atoms with E-state index in [1.807, 2.05) is 91.9 Å². The zero-order valence-electron chi connectivity index (χ0n) is 32.5. The van der Waals surface area contributed by atoms with Crippen molar-refractivity contribution in [3.05, 3.63) is 151 Å². The molecule has 2 aromatic heterocycles. The van der Waals surface area contributed by atoms with Crippen molar-refractivity contribution in [1.29, 1.82) is 0 Å². The van der Waals surface area contributed by atoms with Crippen LogP contribution < -0.4 is 10.1 Å². The SMILES string of the molecule is Cc1sc2c(c1C)C(c1ccc(Cl)cc1)=N[C@@H](CC(=O)Cc1ccc(OCCOCCNC(=O)c3cccc(-c4ccc5c(c4)CC(=O)C5)c3)cc1)c1nnc(C)n1-2. The Labute approximate surface area is 345 Å². The molecule has 1 aliphatic carbocycles. The fraction of sp³-hybridized carbons (Fsp3) is 0.261. The molecule has 6 aromatic rings. The number of fused-ring (bicyclic) bond motifs is 4. The lowest BCUT2D eigenvalue weighted by atomic mass is 9.99. The van der Waals surface area contributed by atoms with Gasteiger partial charge < -0.3 is 14.8 Å². The summed E-state index contributed by atoms with van der Waals surface area (Å²) < 4.78 is 13.6. The first kappa shape index (κ1) is 39.1. The summed E-state index contributed by atoms with van der Waals surface area (Å²) in [6.07, 6.45) is 1.38. The number of ether oxygens (including phenoxy) is 2. The highest BCUT2D eigenvalue weighted by Crippen LogP contribution is 2.40. The summed E-state index contributed by atoms with van der Waals surface area (Å²) in [5, 5.41) is 13.5. The number of Topliss-reactive ketones (excluding diaryl/α,β-unsaturated/α-hetero) is 2. The minimum absolute atomic E-state index is 0.0363. The van der Waals surface area contributed by atoms with Gasteiger partial charge in [-0.2, -0.15) is 0 Å². The Balaban J connectivity index is 0.810. The van der Waals surface area contributed by atoms with Crippen molar-refractivity contribution in [3.8, 4) is 21.9 Å².